The number of rotatable bonds is 6. The van der Waals surface area contributed by atoms with Gasteiger partial charge in [0.1, 0.15) is 0 Å². The largest absolute Gasteiger partial charge is 0.478 e. The van der Waals surface area contributed by atoms with E-state index in [4.69, 9.17) is 5.84 Å². The van der Waals surface area contributed by atoms with Crippen LogP contribution in [-0.2, 0) is 19.4 Å². The molecule has 4 nitrogen and oxygen atoms in total. The van der Waals surface area contributed by atoms with Gasteiger partial charge >= 0.3 is 5.97 Å². The Bertz CT molecular complexity index is 1370. The van der Waals surface area contributed by atoms with Crippen LogP contribution in [0.25, 0.3) is 32.7 Å². The highest BCUT2D eigenvalue weighted by Crippen LogP contribution is 2.46. The van der Waals surface area contributed by atoms with Crippen LogP contribution in [0.3, 0.4) is 0 Å². The summed E-state index contributed by atoms with van der Waals surface area (Å²) in [6, 6.07) is 25.1. The fourth-order valence-corrected chi connectivity index (χ4v) is 6.44. The van der Waals surface area contributed by atoms with Crippen molar-refractivity contribution >= 4 is 17.3 Å². The van der Waals surface area contributed by atoms with Gasteiger partial charge in [-0.1, -0.05) is 80.6 Å². The number of nitrogens with two attached hydrogens (primary N) is 1. The molecule has 0 amide bonds. The molecule has 0 saturated heterocycles. The first-order valence-corrected chi connectivity index (χ1v) is 12.8. The number of hydrazine groups is 1. The molecule has 1 aliphatic rings. The number of carboxylic acids is 1. The van der Waals surface area contributed by atoms with Crippen molar-refractivity contribution in [3.05, 3.63) is 94.4 Å². The third kappa shape index (κ3) is 4.67. The van der Waals surface area contributed by atoms with Gasteiger partial charge in [-0.15, -0.1) is 11.3 Å². The summed E-state index contributed by atoms with van der Waals surface area (Å²) in [4.78, 5) is 14.5. The van der Waals surface area contributed by atoms with Crippen LogP contribution in [-0.4, -0.2) is 11.1 Å². The molecule has 1 aromatic heterocycles. The van der Waals surface area contributed by atoms with Crippen LogP contribution >= 0.6 is 11.3 Å². The molecule has 178 valence electrons. The van der Waals surface area contributed by atoms with Gasteiger partial charge in [0.2, 0.25) is 0 Å². The Balaban J connectivity index is 1.55. The predicted molar refractivity (Wildman–Crippen MR) is 144 cm³/mol. The molecular formula is C30H30N2O2S. The first-order valence-electron chi connectivity index (χ1n) is 12.0. The summed E-state index contributed by atoms with van der Waals surface area (Å²) in [5.41, 5.74) is 10.9. The Morgan fingerprint density at radius 3 is 2.26 bits per heavy atom. The van der Waals surface area contributed by atoms with E-state index in [2.05, 4.69) is 73.9 Å². The van der Waals surface area contributed by atoms with Gasteiger partial charge in [0, 0.05) is 16.3 Å². The van der Waals surface area contributed by atoms with Gasteiger partial charge in [-0.3, -0.25) is 11.3 Å². The normalized spacial score (nSPS) is 14.5. The van der Waals surface area contributed by atoms with Gasteiger partial charge in [0.15, 0.2) is 0 Å². The van der Waals surface area contributed by atoms with E-state index in [1.807, 2.05) is 18.2 Å². The number of aromatic carboxylic acids is 1. The smallest absolute Gasteiger partial charge is 0.337 e. The number of aryl methyl sites for hydroxylation is 1. The van der Waals surface area contributed by atoms with Crippen LogP contribution in [0.5, 0.6) is 0 Å². The number of carboxylic acid groups (broad SMARTS) is 1. The number of fused-ring (bicyclic) bond motifs is 1. The molecule has 0 bridgehead atoms. The third-order valence-corrected chi connectivity index (χ3v) is 8.28. The molecule has 0 aliphatic heterocycles. The van der Waals surface area contributed by atoms with Crippen molar-refractivity contribution in [1.82, 2.24) is 5.43 Å². The van der Waals surface area contributed by atoms with Gasteiger partial charge in [-0.25, -0.2) is 4.79 Å². The topological polar surface area (TPSA) is 75.3 Å². The van der Waals surface area contributed by atoms with E-state index < -0.39 is 5.97 Å². The maximum Gasteiger partial charge on any atom is 0.337 e. The summed E-state index contributed by atoms with van der Waals surface area (Å²) in [6.07, 6.45) is 2.81. The highest BCUT2D eigenvalue weighted by Gasteiger charge is 2.33. The van der Waals surface area contributed by atoms with Crippen LogP contribution in [0.4, 0.5) is 0 Å². The lowest BCUT2D eigenvalue weighted by molar-refractivity contribution is 0.0696. The van der Waals surface area contributed by atoms with Gasteiger partial charge in [-0.2, -0.15) is 0 Å². The zero-order valence-corrected chi connectivity index (χ0v) is 20.9. The van der Waals surface area contributed by atoms with Crippen molar-refractivity contribution in [2.24, 2.45) is 11.3 Å². The molecule has 5 heteroatoms. The van der Waals surface area contributed by atoms with E-state index in [-0.39, 0.29) is 5.41 Å². The Kier molecular flexibility index (Phi) is 6.32. The number of carbonyl (C=O) groups is 1. The lowest BCUT2D eigenvalue weighted by atomic mass is 9.76. The number of nitrogens with one attached hydrogen (secondary N) is 1. The quantitative estimate of drug-likeness (QED) is 0.206. The molecule has 1 aliphatic carbocycles. The second-order valence-electron chi connectivity index (χ2n) is 10.1. The zero-order chi connectivity index (χ0) is 24.6. The van der Waals surface area contributed by atoms with E-state index in [0.717, 1.165) is 52.0 Å². The van der Waals surface area contributed by atoms with Gasteiger partial charge in [-0.05, 0) is 69.7 Å². The fourth-order valence-electron chi connectivity index (χ4n) is 5.07. The summed E-state index contributed by atoms with van der Waals surface area (Å²) in [7, 11) is 0. The second-order valence-corrected chi connectivity index (χ2v) is 11.2. The molecular weight excluding hydrogens is 452 g/mol. The van der Waals surface area contributed by atoms with E-state index in [0.29, 0.717) is 12.1 Å². The summed E-state index contributed by atoms with van der Waals surface area (Å²) in [6.45, 7) is 4.90. The Hall–Kier alpha value is -3.25. The lowest BCUT2D eigenvalue weighted by Gasteiger charge is -2.29. The molecule has 0 atom stereocenters. The molecule has 3 aromatic carbocycles. The van der Waals surface area contributed by atoms with Crippen molar-refractivity contribution < 1.29 is 9.90 Å². The first-order chi connectivity index (χ1) is 16.9. The third-order valence-electron chi connectivity index (χ3n) is 6.96. The molecule has 0 spiro atoms. The van der Waals surface area contributed by atoms with E-state index in [1.54, 1.807) is 11.3 Å². The SMILES string of the molecule is CC1(C)CCc2sc(-c3ccc(-c4ccc(-c5ccccc5)cc4)cc3CNN)c(C(=O)O)c2C1. The molecule has 4 aromatic rings. The van der Waals surface area contributed by atoms with Gasteiger partial charge in [0.05, 0.1) is 5.56 Å². The zero-order valence-electron chi connectivity index (χ0n) is 20.1. The minimum Gasteiger partial charge on any atom is -0.478 e. The summed E-state index contributed by atoms with van der Waals surface area (Å²) < 4.78 is 0. The molecule has 4 N–H and O–H groups in total. The summed E-state index contributed by atoms with van der Waals surface area (Å²) >= 11 is 1.64. The van der Waals surface area contributed by atoms with Crippen molar-refractivity contribution in [2.75, 3.05) is 0 Å². The molecule has 0 saturated carbocycles. The first kappa shape index (κ1) is 23.5. The van der Waals surface area contributed by atoms with Crippen molar-refractivity contribution in [3.8, 4) is 32.7 Å². The minimum atomic E-state index is -0.845. The van der Waals surface area contributed by atoms with Crippen LogP contribution < -0.4 is 11.3 Å². The van der Waals surface area contributed by atoms with Gasteiger partial charge in [0.25, 0.3) is 0 Å². The minimum absolute atomic E-state index is 0.118. The summed E-state index contributed by atoms with van der Waals surface area (Å²) in [5, 5.41) is 10.2. The highest BCUT2D eigenvalue weighted by atomic mass is 32.1. The van der Waals surface area contributed by atoms with Crippen LogP contribution in [0, 0.1) is 5.41 Å². The van der Waals surface area contributed by atoms with Gasteiger partial charge < -0.3 is 5.11 Å². The number of hydrogen-bond donors (Lipinski definition) is 3. The maximum absolute atomic E-state index is 12.4. The monoisotopic (exact) mass is 482 g/mol. The average molecular weight is 483 g/mol. The van der Waals surface area contributed by atoms with E-state index in [9.17, 15) is 9.90 Å². The standard InChI is InChI=1S/C30H30N2O2S/c1-30(2)15-14-26-25(17-30)27(29(33)34)28(35-26)24-13-12-22(16-23(24)18-32-31)21-10-8-20(9-11-21)19-6-4-3-5-7-19/h3-13,16,32H,14-15,17-18,31H2,1-2H3,(H,33,34). The average Bonchev–Trinajstić information content (AvgIpc) is 3.22. The Morgan fingerprint density at radius 1 is 0.971 bits per heavy atom. The number of hydrogen-bond acceptors (Lipinski definition) is 4. The van der Waals surface area contributed by atoms with Crippen LogP contribution in [0.15, 0.2) is 72.8 Å². The summed E-state index contributed by atoms with van der Waals surface area (Å²) in [5.74, 6) is 4.90. The number of thiophene rings is 1. The van der Waals surface area contributed by atoms with Crippen LogP contribution in [0.2, 0.25) is 0 Å². The molecule has 0 unspecified atom stereocenters. The fraction of sp³-hybridized carbons (Fsp3) is 0.233. The van der Waals surface area contributed by atoms with Crippen molar-refractivity contribution in [3.63, 3.8) is 0 Å². The highest BCUT2D eigenvalue weighted by molar-refractivity contribution is 7.16. The predicted octanol–water partition coefficient (Wildman–Crippen LogP) is 6.93. The molecule has 1 heterocycles. The molecule has 5 rings (SSSR count). The van der Waals surface area contributed by atoms with E-state index >= 15 is 0 Å². The lowest BCUT2D eigenvalue weighted by Crippen LogP contribution is -2.22. The van der Waals surface area contributed by atoms with E-state index in [1.165, 1.54) is 16.0 Å². The Labute approximate surface area is 210 Å². The molecule has 0 radical (unpaired) electrons. The molecule has 0 fully saturated rings. The maximum atomic E-state index is 12.4. The van der Waals surface area contributed by atoms with Crippen LogP contribution in [0.1, 0.15) is 46.6 Å². The van der Waals surface area contributed by atoms with Crippen molar-refractivity contribution in [2.45, 2.75) is 39.7 Å². The second kappa shape index (κ2) is 9.42. The molecule has 35 heavy (non-hydrogen) atoms. The number of benzene rings is 3. The Morgan fingerprint density at radius 2 is 1.60 bits per heavy atom. The van der Waals surface area contributed by atoms with Crippen molar-refractivity contribution in [1.29, 1.82) is 0 Å².